The molecule has 7 nitrogen and oxygen atoms in total. The molecule has 1 N–H and O–H groups in total. The molecular formula is C19H36IN5O2. The molecular weight excluding hydrogens is 457 g/mol. The number of ether oxygens (including phenoxy) is 2. The van der Waals surface area contributed by atoms with E-state index in [9.17, 15) is 0 Å². The second kappa shape index (κ2) is 14.2. The smallest absolute Gasteiger partial charge is 0.193 e. The molecule has 0 aliphatic carbocycles. The third-order valence-corrected chi connectivity index (χ3v) is 4.62. The SMILES string of the molecule is CCCCOCCOCCNC(=NC)N1CCC(Cc2cnn(C)c2)C1.I. The minimum atomic E-state index is 0. The summed E-state index contributed by atoms with van der Waals surface area (Å²) in [7, 11) is 3.81. The van der Waals surface area contributed by atoms with E-state index in [4.69, 9.17) is 9.47 Å². The van der Waals surface area contributed by atoms with Gasteiger partial charge in [-0.1, -0.05) is 13.3 Å². The van der Waals surface area contributed by atoms with Gasteiger partial charge in [0.2, 0.25) is 0 Å². The van der Waals surface area contributed by atoms with Gasteiger partial charge in [-0.25, -0.2) is 0 Å². The van der Waals surface area contributed by atoms with E-state index in [1.54, 1.807) is 0 Å². The number of hydrogen-bond donors (Lipinski definition) is 1. The van der Waals surface area contributed by atoms with Crippen molar-refractivity contribution in [2.75, 3.05) is 53.1 Å². The van der Waals surface area contributed by atoms with Crippen molar-refractivity contribution >= 4 is 29.9 Å². The van der Waals surface area contributed by atoms with Crippen LogP contribution >= 0.6 is 24.0 Å². The van der Waals surface area contributed by atoms with Gasteiger partial charge in [0.1, 0.15) is 0 Å². The molecule has 0 saturated carbocycles. The fraction of sp³-hybridized carbons (Fsp3) is 0.789. The van der Waals surface area contributed by atoms with Crippen LogP contribution in [-0.4, -0.2) is 73.7 Å². The third-order valence-electron chi connectivity index (χ3n) is 4.62. The van der Waals surface area contributed by atoms with Gasteiger partial charge in [0.05, 0.1) is 26.0 Å². The van der Waals surface area contributed by atoms with E-state index in [1.165, 1.54) is 18.4 Å². The summed E-state index contributed by atoms with van der Waals surface area (Å²) in [6, 6.07) is 0. The average molecular weight is 493 g/mol. The first-order valence-corrected chi connectivity index (χ1v) is 9.81. The lowest BCUT2D eigenvalue weighted by Crippen LogP contribution is -2.41. The van der Waals surface area contributed by atoms with Gasteiger partial charge in [-0.2, -0.15) is 5.10 Å². The highest BCUT2D eigenvalue weighted by atomic mass is 127. The standard InChI is InChI=1S/C19H35N5O2.HI/c1-4-5-9-25-11-12-26-10-7-21-19(20-2)24-8-6-17(16-24)13-18-14-22-23(3)15-18;/h14-15,17H,4-13,16H2,1-3H3,(H,20,21);1H. The summed E-state index contributed by atoms with van der Waals surface area (Å²) in [5.41, 5.74) is 1.32. The van der Waals surface area contributed by atoms with Crippen LogP contribution in [-0.2, 0) is 22.9 Å². The molecule has 2 rings (SSSR count). The van der Waals surface area contributed by atoms with Gasteiger partial charge in [0.15, 0.2) is 5.96 Å². The highest BCUT2D eigenvalue weighted by Crippen LogP contribution is 2.20. The van der Waals surface area contributed by atoms with Crippen molar-refractivity contribution in [3.63, 3.8) is 0 Å². The number of rotatable bonds is 11. The molecule has 2 heterocycles. The minimum absolute atomic E-state index is 0. The summed E-state index contributed by atoms with van der Waals surface area (Å²) >= 11 is 0. The van der Waals surface area contributed by atoms with E-state index in [0.717, 1.165) is 45.0 Å². The van der Waals surface area contributed by atoms with Crippen LogP contribution < -0.4 is 5.32 Å². The number of nitrogens with zero attached hydrogens (tertiary/aromatic N) is 4. The highest BCUT2D eigenvalue weighted by molar-refractivity contribution is 14.0. The lowest BCUT2D eigenvalue weighted by Gasteiger charge is -2.21. The normalized spacial score (nSPS) is 17.2. The molecule has 0 bridgehead atoms. The molecule has 0 radical (unpaired) electrons. The van der Waals surface area contributed by atoms with Crippen LogP contribution in [0.25, 0.3) is 0 Å². The zero-order valence-corrected chi connectivity index (χ0v) is 19.4. The molecule has 1 atom stereocenters. The van der Waals surface area contributed by atoms with Crippen molar-refractivity contribution in [1.29, 1.82) is 0 Å². The number of aromatic nitrogens is 2. The molecule has 1 aromatic heterocycles. The van der Waals surface area contributed by atoms with Gasteiger partial charge < -0.3 is 19.7 Å². The van der Waals surface area contributed by atoms with Gasteiger partial charge >= 0.3 is 0 Å². The van der Waals surface area contributed by atoms with E-state index in [-0.39, 0.29) is 24.0 Å². The molecule has 1 aliphatic heterocycles. The molecule has 1 aliphatic rings. The molecule has 1 fully saturated rings. The van der Waals surface area contributed by atoms with Crippen molar-refractivity contribution in [1.82, 2.24) is 20.0 Å². The number of guanidine groups is 1. The van der Waals surface area contributed by atoms with Crippen molar-refractivity contribution < 1.29 is 9.47 Å². The maximum atomic E-state index is 5.60. The van der Waals surface area contributed by atoms with E-state index < -0.39 is 0 Å². The number of unbranched alkanes of at least 4 members (excludes halogenated alkanes) is 1. The number of halogens is 1. The van der Waals surface area contributed by atoms with Crippen molar-refractivity contribution in [3.8, 4) is 0 Å². The summed E-state index contributed by atoms with van der Waals surface area (Å²) in [4.78, 5) is 6.76. The first kappa shape index (κ1) is 24.2. The fourth-order valence-corrected chi connectivity index (χ4v) is 3.24. The number of likely N-dealkylation sites (tertiary alicyclic amines) is 1. The van der Waals surface area contributed by atoms with Crippen LogP contribution in [0.15, 0.2) is 17.4 Å². The zero-order chi connectivity index (χ0) is 18.6. The molecule has 0 spiro atoms. The summed E-state index contributed by atoms with van der Waals surface area (Å²) in [5, 5.41) is 7.66. The topological polar surface area (TPSA) is 63.9 Å². The van der Waals surface area contributed by atoms with Crippen LogP contribution in [0.5, 0.6) is 0 Å². The lowest BCUT2D eigenvalue weighted by molar-refractivity contribution is 0.0486. The Hall–Kier alpha value is -0.870. The van der Waals surface area contributed by atoms with Crippen molar-refractivity contribution in [2.24, 2.45) is 18.0 Å². The zero-order valence-electron chi connectivity index (χ0n) is 17.0. The second-order valence-electron chi connectivity index (χ2n) is 6.88. The van der Waals surface area contributed by atoms with E-state index in [2.05, 4.69) is 33.4 Å². The molecule has 8 heteroatoms. The Morgan fingerprint density at radius 1 is 1.30 bits per heavy atom. The largest absolute Gasteiger partial charge is 0.379 e. The number of aliphatic imine (C=N–C) groups is 1. The Balaban J connectivity index is 0.00000364. The molecule has 1 aromatic rings. The van der Waals surface area contributed by atoms with Crippen LogP contribution in [0.1, 0.15) is 31.7 Å². The van der Waals surface area contributed by atoms with E-state index in [1.807, 2.05) is 25.0 Å². The van der Waals surface area contributed by atoms with Gasteiger partial charge in [-0.3, -0.25) is 9.67 Å². The maximum Gasteiger partial charge on any atom is 0.193 e. The highest BCUT2D eigenvalue weighted by Gasteiger charge is 2.25. The van der Waals surface area contributed by atoms with Crippen LogP contribution in [0.3, 0.4) is 0 Å². The first-order valence-electron chi connectivity index (χ1n) is 9.81. The lowest BCUT2D eigenvalue weighted by atomic mass is 10.0. The average Bonchev–Trinajstić information content (AvgIpc) is 3.26. The molecule has 0 amide bonds. The van der Waals surface area contributed by atoms with Crippen molar-refractivity contribution in [3.05, 3.63) is 18.0 Å². The number of nitrogens with one attached hydrogen (secondary N) is 1. The Kier molecular flexibility index (Phi) is 12.7. The summed E-state index contributed by atoms with van der Waals surface area (Å²) < 4.78 is 13.0. The summed E-state index contributed by atoms with van der Waals surface area (Å²) in [5.74, 6) is 1.63. The Bertz CT molecular complexity index is 538. The minimum Gasteiger partial charge on any atom is -0.379 e. The van der Waals surface area contributed by atoms with Gasteiger partial charge in [0.25, 0.3) is 0 Å². The van der Waals surface area contributed by atoms with E-state index in [0.29, 0.717) is 25.7 Å². The van der Waals surface area contributed by atoms with E-state index >= 15 is 0 Å². The maximum absolute atomic E-state index is 5.60. The van der Waals surface area contributed by atoms with Crippen molar-refractivity contribution in [2.45, 2.75) is 32.6 Å². The summed E-state index contributed by atoms with van der Waals surface area (Å²) in [6.45, 7) is 7.86. The molecule has 1 unspecified atom stereocenters. The first-order chi connectivity index (χ1) is 12.7. The van der Waals surface area contributed by atoms with Crippen LogP contribution in [0.2, 0.25) is 0 Å². The van der Waals surface area contributed by atoms with Gasteiger partial charge in [-0.15, -0.1) is 24.0 Å². The Morgan fingerprint density at radius 3 is 2.74 bits per heavy atom. The van der Waals surface area contributed by atoms with Crippen LogP contribution in [0.4, 0.5) is 0 Å². The monoisotopic (exact) mass is 493 g/mol. The Morgan fingerprint density at radius 2 is 2.07 bits per heavy atom. The van der Waals surface area contributed by atoms with Gasteiger partial charge in [-0.05, 0) is 30.7 Å². The molecule has 1 saturated heterocycles. The third kappa shape index (κ3) is 9.25. The predicted molar refractivity (Wildman–Crippen MR) is 120 cm³/mol. The molecule has 156 valence electrons. The summed E-state index contributed by atoms with van der Waals surface area (Å²) in [6.07, 6.45) is 8.65. The second-order valence-corrected chi connectivity index (χ2v) is 6.88. The molecule has 0 aromatic carbocycles. The predicted octanol–water partition coefficient (Wildman–Crippen LogP) is 2.31. The fourth-order valence-electron chi connectivity index (χ4n) is 3.24. The number of aryl methyl sites for hydroxylation is 1. The quantitative estimate of drug-likeness (QED) is 0.222. The van der Waals surface area contributed by atoms with Crippen LogP contribution in [0, 0.1) is 5.92 Å². The number of hydrogen-bond acceptors (Lipinski definition) is 4. The van der Waals surface area contributed by atoms with Gasteiger partial charge in [0, 0.05) is 46.5 Å². The Labute approximate surface area is 180 Å². The molecule has 27 heavy (non-hydrogen) atoms.